The number of nitrogens with one attached hydrogen (secondary N) is 2. The van der Waals surface area contributed by atoms with Crippen molar-refractivity contribution in [3.05, 3.63) is 99.6 Å². The number of carbonyl (C=O) groups is 2. The molecule has 3 aromatic rings. The molecule has 0 bridgehead atoms. The molecular weight excluding hydrogens is 504 g/mol. The van der Waals surface area contributed by atoms with Crippen molar-refractivity contribution in [2.45, 2.75) is 32.9 Å². The molecule has 0 fully saturated rings. The van der Waals surface area contributed by atoms with Gasteiger partial charge in [-0.25, -0.2) is 10.2 Å². The zero-order valence-corrected chi connectivity index (χ0v) is 21.7. The van der Waals surface area contributed by atoms with Gasteiger partial charge in [-0.05, 0) is 60.9 Å². The molecule has 39 heavy (non-hydrogen) atoms. The van der Waals surface area contributed by atoms with Crippen LogP contribution in [0.3, 0.4) is 0 Å². The molecule has 0 aliphatic heterocycles. The van der Waals surface area contributed by atoms with Crippen molar-refractivity contribution in [1.82, 2.24) is 10.7 Å². The number of alkyl carbamates (subject to hydrolysis) is 1. The van der Waals surface area contributed by atoms with Crippen molar-refractivity contribution in [2.75, 3.05) is 13.2 Å². The van der Waals surface area contributed by atoms with E-state index >= 15 is 0 Å². The van der Waals surface area contributed by atoms with Gasteiger partial charge in [0.25, 0.3) is 5.69 Å². The molecular formula is C28H30N4O7. The van der Waals surface area contributed by atoms with E-state index in [4.69, 9.17) is 14.2 Å². The second-order valence-electron chi connectivity index (χ2n) is 8.18. The van der Waals surface area contributed by atoms with Gasteiger partial charge in [-0.1, -0.05) is 30.3 Å². The van der Waals surface area contributed by atoms with Gasteiger partial charge in [-0.2, -0.15) is 5.10 Å². The van der Waals surface area contributed by atoms with E-state index in [0.717, 1.165) is 11.1 Å². The van der Waals surface area contributed by atoms with Crippen molar-refractivity contribution in [1.29, 1.82) is 0 Å². The Morgan fingerprint density at radius 1 is 0.974 bits per heavy atom. The van der Waals surface area contributed by atoms with Gasteiger partial charge in [-0.15, -0.1) is 0 Å². The molecule has 0 unspecified atom stereocenters. The highest BCUT2D eigenvalue weighted by Gasteiger charge is 2.19. The zero-order chi connectivity index (χ0) is 28.0. The van der Waals surface area contributed by atoms with E-state index in [-0.39, 0.29) is 25.3 Å². The summed E-state index contributed by atoms with van der Waals surface area (Å²) < 4.78 is 16.5. The topological polar surface area (TPSA) is 141 Å². The fourth-order valence-corrected chi connectivity index (χ4v) is 3.53. The lowest BCUT2D eigenvalue weighted by atomic mass is 10.0. The average Bonchev–Trinajstić information content (AvgIpc) is 2.93. The van der Waals surface area contributed by atoms with Crippen LogP contribution in [0.15, 0.2) is 77.9 Å². The summed E-state index contributed by atoms with van der Waals surface area (Å²) in [5.41, 5.74) is 4.67. The highest BCUT2D eigenvalue weighted by atomic mass is 16.6. The third-order valence-corrected chi connectivity index (χ3v) is 5.37. The van der Waals surface area contributed by atoms with Crippen molar-refractivity contribution in [2.24, 2.45) is 5.10 Å². The molecule has 2 amide bonds. The Bertz CT molecular complexity index is 1280. The molecule has 0 saturated heterocycles. The number of hydrazone groups is 1. The van der Waals surface area contributed by atoms with Crippen molar-refractivity contribution >= 4 is 23.9 Å². The summed E-state index contributed by atoms with van der Waals surface area (Å²) in [5, 5.41) is 17.6. The second kappa shape index (κ2) is 14.7. The van der Waals surface area contributed by atoms with Crippen LogP contribution >= 0.6 is 0 Å². The Balaban J connectivity index is 1.61. The quantitative estimate of drug-likeness (QED) is 0.180. The number of carbonyl (C=O) groups excluding carboxylic acids is 2. The maximum atomic E-state index is 12.6. The predicted octanol–water partition coefficient (Wildman–Crippen LogP) is 4.90. The molecule has 0 aromatic heterocycles. The van der Waals surface area contributed by atoms with Gasteiger partial charge in [0.05, 0.1) is 36.8 Å². The number of non-ortho nitro benzene ring substituents is 1. The molecule has 0 saturated carbocycles. The molecule has 0 aliphatic carbocycles. The summed E-state index contributed by atoms with van der Waals surface area (Å²) in [7, 11) is 0. The Kier molecular flexibility index (Phi) is 10.8. The van der Waals surface area contributed by atoms with Gasteiger partial charge >= 0.3 is 6.09 Å². The minimum Gasteiger partial charge on any atom is -0.490 e. The Morgan fingerprint density at radius 2 is 1.72 bits per heavy atom. The molecule has 1 atom stereocenters. The Labute approximate surface area is 225 Å². The van der Waals surface area contributed by atoms with Gasteiger partial charge in [0, 0.05) is 12.1 Å². The van der Waals surface area contributed by atoms with Crippen LogP contribution in [0.4, 0.5) is 10.5 Å². The lowest BCUT2D eigenvalue weighted by Crippen LogP contribution is -2.33. The maximum absolute atomic E-state index is 12.6. The van der Waals surface area contributed by atoms with E-state index in [1.165, 1.54) is 18.3 Å². The maximum Gasteiger partial charge on any atom is 0.407 e. The normalized spacial score (nSPS) is 11.4. The minimum absolute atomic E-state index is 0.00957. The smallest absolute Gasteiger partial charge is 0.407 e. The summed E-state index contributed by atoms with van der Waals surface area (Å²) >= 11 is 0. The Morgan fingerprint density at radius 3 is 2.38 bits per heavy atom. The third kappa shape index (κ3) is 9.15. The van der Waals surface area contributed by atoms with E-state index in [2.05, 4.69) is 15.8 Å². The van der Waals surface area contributed by atoms with Gasteiger partial charge in [0.15, 0.2) is 11.5 Å². The molecule has 11 nitrogen and oxygen atoms in total. The predicted molar refractivity (Wildman–Crippen MR) is 145 cm³/mol. The van der Waals surface area contributed by atoms with E-state index in [0.29, 0.717) is 23.7 Å². The highest BCUT2D eigenvalue weighted by molar-refractivity contribution is 5.83. The van der Waals surface area contributed by atoms with Gasteiger partial charge < -0.3 is 19.5 Å². The summed E-state index contributed by atoms with van der Waals surface area (Å²) in [6, 6.07) is 19.8. The van der Waals surface area contributed by atoms with Crippen LogP contribution in [-0.2, 0) is 16.1 Å². The van der Waals surface area contributed by atoms with E-state index < -0.39 is 23.0 Å². The molecule has 2 N–H and O–H groups in total. The largest absolute Gasteiger partial charge is 0.490 e. The van der Waals surface area contributed by atoms with Crippen LogP contribution < -0.4 is 20.2 Å². The number of amides is 2. The number of rotatable bonds is 13. The minimum atomic E-state index is -0.609. The highest BCUT2D eigenvalue weighted by Crippen LogP contribution is 2.29. The van der Waals surface area contributed by atoms with Crippen molar-refractivity contribution < 1.29 is 28.7 Å². The summed E-state index contributed by atoms with van der Waals surface area (Å²) in [4.78, 5) is 34.9. The van der Waals surface area contributed by atoms with Crippen LogP contribution in [0.5, 0.6) is 11.5 Å². The van der Waals surface area contributed by atoms with Crippen LogP contribution in [0, 0.1) is 10.1 Å². The first-order valence-corrected chi connectivity index (χ1v) is 12.3. The second-order valence-corrected chi connectivity index (χ2v) is 8.18. The number of hydrogen-bond acceptors (Lipinski definition) is 8. The van der Waals surface area contributed by atoms with E-state index in [9.17, 15) is 19.7 Å². The molecule has 3 rings (SSSR count). The molecule has 11 heteroatoms. The van der Waals surface area contributed by atoms with Crippen LogP contribution in [0.1, 0.15) is 43.0 Å². The van der Waals surface area contributed by atoms with E-state index in [1.54, 1.807) is 37.3 Å². The number of ether oxygens (including phenoxy) is 3. The van der Waals surface area contributed by atoms with Crippen LogP contribution in [-0.4, -0.2) is 36.4 Å². The summed E-state index contributed by atoms with van der Waals surface area (Å²) in [6.45, 7) is 4.36. The number of nitro groups is 1. The standard InChI is InChI=1S/C28H30N4O7/c1-3-37-26-16-21(12-15-25(26)39-19-20-10-13-23(14-11-20)32(35)36)18-29-31-27(33)17-24(30-28(34)38-4-2)22-8-6-5-7-9-22/h5-16,18,24H,3-4,17,19H2,1-2H3,(H,30,34)(H,31,33)/b29-18-/t24-/m0/s1. The van der Waals surface area contributed by atoms with Gasteiger partial charge in [-0.3, -0.25) is 14.9 Å². The third-order valence-electron chi connectivity index (χ3n) is 5.37. The number of hydrogen-bond donors (Lipinski definition) is 2. The van der Waals surface area contributed by atoms with Crippen LogP contribution in [0.2, 0.25) is 0 Å². The Hall–Kier alpha value is -4.93. The molecule has 0 heterocycles. The molecule has 0 radical (unpaired) electrons. The first kappa shape index (κ1) is 28.6. The average molecular weight is 535 g/mol. The summed E-state index contributed by atoms with van der Waals surface area (Å²) in [5.74, 6) is 0.578. The van der Waals surface area contributed by atoms with Crippen molar-refractivity contribution in [3.63, 3.8) is 0 Å². The lowest BCUT2D eigenvalue weighted by molar-refractivity contribution is -0.384. The number of nitro benzene ring substituents is 1. The van der Waals surface area contributed by atoms with Gasteiger partial charge in [0.2, 0.25) is 5.91 Å². The molecule has 0 aliphatic rings. The fraction of sp³-hybridized carbons (Fsp3) is 0.250. The lowest BCUT2D eigenvalue weighted by Gasteiger charge is -2.18. The number of nitrogens with zero attached hydrogens (tertiary/aromatic N) is 2. The van der Waals surface area contributed by atoms with E-state index in [1.807, 2.05) is 37.3 Å². The molecule has 3 aromatic carbocycles. The van der Waals surface area contributed by atoms with Gasteiger partial charge in [0.1, 0.15) is 6.61 Å². The summed E-state index contributed by atoms with van der Waals surface area (Å²) in [6.07, 6.45) is 0.818. The SMILES string of the molecule is CCOC(=O)N[C@@H](CC(=O)N/N=C\c1ccc(OCc2ccc([N+](=O)[O-])cc2)c(OCC)c1)c1ccccc1. The molecule has 204 valence electrons. The van der Waals surface area contributed by atoms with Crippen LogP contribution in [0.25, 0.3) is 0 Å². The van der Waals surface area contributed by atoms with Crippen molar-refractivity contribution in [3.8, 4) is 11.5 Å². The first-order chi connectivity index (χ1) is 18.9. The zero-order valence-electron chi connectivity index (χ0n) is 21.7. The fourth-order valence-electron chi connectivity index (χ4n) is 3.53. The number of benzene rings is 3. The molecule has 0 spiro atoms. The monoisotopic (exact) mass is 534 g/mol. The first-order valence-electron chi connectivity index (χ1n) is 12.3.